The molecule has 265 valence electrons. The molecule has 8 aromatic carbocycles. The SMILES string of the molecule is NC(Cc1ccccc1)C([O-])=Nc1cccc2cc3ccccc3cc12.NC(Cc1ccccc1)C([O-])=Nc1cccc2cc3ccccc3cc12.[Cu+2]. The maximum absolute atomic E-state index is 12.5. The van der Waals surface area contributed by atoms with E-state index in [0.717, 1.165) is 43.4 Å². The Morgan fingerprint density at radius 3 is 1.11 bits per heavy atom. The molecule has 0 saturated carbocycles. The molecule has 0 bridgehead atoms. The molecule has 8 rings (SSSR count). The number of hydrogen-bond acceptors (Lipinski definition) is 6. The van der Waals surface area contributed by atoms with Crippen LogP contribution in [-0.4, -0.2) is 23.9 Å². The quantitative estimate of drug-likeness (QED) is 0.0712. The minimum Gasteiger partial charge on any atom is -0.861 e. The van der Waals surface area contributed by atoms with Crippen molar-refractivity contribution in [1.29, 1.82) is 0 Å². The summed E-state index contributed by atoms with van der Waals surface area (Å²) in [6.07, 6.45) is 0.966. The van der Waals surface area contributed by atoms with E-state index in [1.807, 2.05) is 121 Å². The van der Waals surface area contributed by atoms with Crippen molar-refractivity contribution in [2.24, 2.45) is 21.5 Å². The Kier molecular flexibility index (Phi) is 11.9. The van der Waals surface area contributed by atoms with E-state index in [4.69, 9.17) is 11.5 Å². The first-order chi connectivity index (χ1) is 25.4. The summed E-state index contributed by atoms with van der Waals surface area (Å²) < 4.78 is 0. The molecule has 2 atom stereocenters. The van der Waals surface area contributed by atoms with Gasteiger partial charge in [-0.25, -0.2) is 0 Å². The molecule has 0 spiro atoms. The van der Waals surface area contributed by atoms with E-state index < -0.39 is 12.1 Å². The van der Waals surface area contributed by atoms with Gasteiger partial charge in [-0.1, -0.05) is 133 Å². The van der Waals surface area contributed by atoms with Crippen LogP contribution in [0.4, 0.5) is 11.4 Å². The second-order valence-electron chi connectivity index (χ2n) is 12.9. The Morgan fingerprint density at radius 1 is 0.415 bits per heavy atom. The zero-order valence-corrected chi connectivity index (χ0v) is 29.8. The monoisotopic (exact) mass is 741 g/mol. The molecule has 0 aliphatic carbocycles. The predicted octanol–water partition coefficient (Wildman–Crippen LogP) is 7.90. The van der Waals surface area contributed by atoms with Crippen molar-refractivity contribution in [3.8, 4) is 0 Å². The van der Waals surface area contributed by atoms with E-state index in [2.05, 4.69) is 58.5 Å². The molecule has 0 heterocycles. The minimum atomic E-state index is -0.645. The Balaban J connectivity index is 0.000000178. The van der Waals surface area contributed by atoms with E-state index >= 15 is 0 Å². The summed E-state index contributed by atoms with van der Waals surface area (Å²) in [4.78, 5) is 8.65. The molecule has 4 N–H and O–H groups in total. The van der Waals surface area contributed by atoms with Gasteiger partial charge in [-0.05, 0) is 104 Å². The third kappa shape index (κ3) is 8.98. The fraction of sp³-hybridized carbons (Fsp3) is 0.0870. The summed E-state index contributed by atoms with van der Waals surface area (Å²) in [5, 5.41) is 33.7. The number of aliphatic imine (C=N–C) groups is 2. The zero-order chi connectivity index (χ0) is 35.9. The summed E-state index contributed by atoms with van der Waals surface area (Å²) in [7, 11) is 0. The van der Waals surface area contributed by atoms with Gasteiger partial charge in [0.05, 0.1) is 11.4 Å². The number of nitrogens with zero attached hydrogens (tertiary/aromatic N) is 2. The van der Waals surface area contributed by atoms with Crippen molar-refractivity contribution in [2.75, 3.05) is 0 Å². The van der Waals surface area contributed by atoms with Gasteiger partial charge in [0, 0.05) is 22.9 Å². The Labute approximate surface area is 319 Å². The first kappa shape index (κ1) is 37.0. The molecule has 2 unspecified atom stereocenters. The molecule has 7 heteroatoms. The number of fused-ring (bicyclic) bond motifs is 4. The summed E-state index contributed by atoms with van der Waals surface area (Å²) >= 11 is 0. The molecule has 0 fully saturated rings. The van der Waals surface area contributed by atoms with E-state index in [-0.39, 0.29) is 28.9 Å². The van der Waals surface area contributed by atoms with Crippen LogP contribution in [0.1, 0.15) is 11.1 Å². The van der Waals surface area contributed by atoms with Crippen molar-refractivity contribution >= 4 is 66.3 Å². The van der Waals surface area contributed by atoms with Crippen molar-refractivity contribution < 1.29 is 27.3 Å². The average molecular weight is 742 g/mol. The number of hydrogen-bond donors (Lipinski definition) is 2. The van der Waals surface area contributed by atoms with Crippen molar-refractivity contribution in [3.05, 3.63) is 181 Å². The smallest absolute Gasteiger partial charge is 0.861 e. The molecule has 8 aromatic rings. The van der Waals surface area contributed by atoms with E-state index in [0.29, 0.717) is 24.2 Å². The number of rotatable bonds is 8. The fourth-order valence-electron chi connectivity index (χ4n) is 6.41. The predicted molar refractivity (Wildman–Crippen MR) is 213 cm³/mol. The third-order valence-electron chi connectivity index (χ3n) is 9.14. The summed E-state index contributed by atoms with van der Waals surface area (Å²) in [5.74, 6) is -0.593. The Hall–Kier alpha value is -5.82. The van der Waals surface area contributed by atoms with Crippen LogP contribution in [0.15, 0.2) is 180 Å². The normalized spacial score (nSPS) is 12.9. The number of nitrogens with two attached hydrogens (primary N) is 2. The van der Waals surface area contributed by atoms with Crippen LogP contribution in [0.2, 0.25) is 0 Å². The summed E-state index contributed by atoms with van der Waals surface area (Å²) in [6, 6.07) is 54.7. The van der Waals surface area contributed by atoms with Gasteiger partial charge < -0.3 is 21.7 Å². The van der Waals surface area contributed by atoms with Crippen molar-refractivity contribution in [2.45, 2.75) is 24.9 Å². The van der Waals surface area contributed by atoms with Crippen molar-refractivity contribution in [3.63, 3.8) is 0 Å². The zero-order valence-electron chi connectivity index (χ0n) is 28.9. The first-order valence-electron chi connectivity index (χ1n) is 17.3. The fourth-order valence-corrected chi connectivity index (χ4v) is 6.41. The van der Waals surface area contributed by atoms with Gasteiger partial charge in [0.15, 0.2) is 0 Å². The van der Waals surface area contributed by atoms with E-state index in [1.165, 1.54) is 10.8 Å². The third-order valence-corrected chi connectivity index (χ3v) is 9.14. The van der Waals surface area contributed by atoms with Crippen molar-refractivity contribution in [1.82, 2.24) is 0 Å². The molecular formula is C46H38CuN4O2. The second-order valence-corrected chi connectivity index (χ2v) is 12.9. The molecule has 0 aliphatic heterocycles. The molecule has 0 saturated heterocycles. The van der Waals surface area contributed by atoms with Crippen LogP contribution in [0, 0.1) is 0 Å². The Bertz CT molecular complexity index is 2360. The van der Waals surface area contributed by atoms with Crippen LogP contribution in [-0.2, 0) is 29.9 Å². The van der Waals surface area contributed by atoms with Gasteiger partial charge in [0.25, 0.3) is 0 Å². The standard InChI is InChI=1S/2C23H20N2O.Cu/c2*24-21(13-16-7-2-1-3-8-16)23(26)25-22-12-6-11-19-14-17-9-4-5-10-18(17)15-20(19)22;/h2*1-12,14-15,21H,13,24H2,(H,25,26);/q;;+2/p-2. The maximum Gasteiger partial charge on any atom is 2.00 e. The molecule has 0 aliphatic rings. The first-order valence-corrected chi connectivity index (χ1v) is 17.3. The van der Waals surface area contributed by atoms with Gasteiger partial charge >= 0.3 is 17.1 Å². The average Bonchev–Trinajstić information content (AvgIpc) is 3.17. The second kappa shape index (κ2) is 17.1. The molecule has 53 heavy (non-hydrogen) atoms. The maximum atomic E-state index is 12.5. The van der Waals surface area contributed by atoms with E-state index in [9.17, 15) is 10.2 Å². The molecular weight excluding hydrogens is 704 g/mol. The van der Waals surface area contributed by atoms with Crippen LogP contribution >= 0.6 is 0 Å². The molecule has 0 aromatic heterocycles. The van der Waals surface area contributed by atoms with Crippen LogP contribution in [0.3, 0.4) is 0 Å². The largest absolute Gasteiger partial charge is 2.00 e. The van der Waals surface area contributed by atoms with Gasteiger partial charge in [-0.15, -0.1) is 0 Å². The van der Waals surface area contributed by atoms with Crippen LogP contribution in [0.25, 0.3) is 43.1 Å². The Morgan fingerprint density at radius 2 is 0.736 bits per heavy atom. The van der Waals surface area contributed by atoms with Gasteiger partial charge in [0.1, 0.15) is 0 Å². The van der Waals surface area contributed by atoms with Crippen LogP contribution < -0.4 is 21.7 Å². The topological polar surface area (TPSA) is 123 Å². The summed E-state index contributed by atoms with van der Waals surface area (Å²) in [6.45, 7) is 0. The molecule has 1 radical (unpaired) electrons. The van der Waals surface area contributed by atoms with Gasteiger partial charge in [-0.2, -0.15) is 0 Å². The molecule has 6 nitrogen and oxygen atoms in total. The minimum absolute atomic E-state index is 0. The number of benzene rings is 8. The van der Waals surface area contributed by atoms with Gasteiger partial charge in [0.2, 0.25) is 0 Å². The molecule has 0 amide bonds. The van der Waals surface area contributed by atoms with Crippen LogP contribution in [0.5, 0.6) is 0 Å². The van der Waals surface area contributed by atoms with E-state index in [1.54, 1.807) is 0 Å². The van der Waals surface area contributed by atoms with Gasteiger partial charge in [-0.3, -0.25) is 9.98 Å². The summed E-state index contributed by atoms with van der Waals surface area (Å²) in [5.41, 5.74) is 15.6.